The quantitative estimate of drug-likeness (QED) is 0.695. The van der Waals surface area contributed by atoms with Gasteiger partial charge in [-0.2, -0.15) is 0 Å². The first-order valence-corrected chi connectivity index (χ1v) is 6.04. The lowest BCUT2D eigenvalue weighted by atomic mass is 10.0. The Morgan fingerprint density at radius 1 is 1.33 bits per heavy atom. The third-order valence-corrected chi connectivity index (χ3v) is 3.56. The van der Waals surface area contributed by atoms with Crippen LogP contribution < -0.4 is 11.1 Å². The average molecular weight is 211 g/mol. The molecular formula is C11H21N3O. The molecule has 2 aliphatic heterocycles. The van der Waals surface area contributed by atoms with E-state index in [0.29, 0.717) is 6.04 Å². The molecule has 0 radical (unpaired) electrons. The van der Waals surface area contributed by atoms with Gasteiger partial charge in [0, 0.05) is 12.6 Å². The molecule has 0 aliphatic carbocycles. The summed E-state index contributed by atoms with van der Waals surface area (Å²) in [5.74, 6) is -0.150. The van der Waals surface area contributed by atoms with Crippen molar-refractivity contribution in [3.05, 3.63) is 0 Å². The van der Waals surface area contributed by atoms with Crippen molar-refractivity contribution < 1.29 is 4.79 Å². The molecule has 2 saturated heterocycles. The van der Waals surface area contributed by atoms with Crippen molar-refractivity contribution in [2.75, 3.05) is 19.6 Å². The number of likely N-dealkylation sites (tertiary alicyclic amines) is 1. The van der Waals surface area contributed by atoms with Gasteiger partial charge in [0.1, 0.15) is 0 Å². The standard InChI is InChI=1S/C11H21N3O/c12-11(15)10-5-3-7-14(10)8-9-4-1-2-6-13-9/h9-10,13H,1-8H2,(H2,12,15). The third-order valence-electron chi connectivity index (χ3n) is 3.56. The topological polar surface area (TPSA) is 58.4 Å². The molecule has 0 saturated carbocycles. The Labute approximate surface area is 91.2 Å². The Morgan fingerprint density at radius 2 is 2.20 bits per heavy atom. The minimum absolute atomic E-state index is 0.00581. The molecule has 4 nitrogen and oxygen atoms in total. The maximum Gasteiger partial charge on any atom is 0.234 e. The summed E-state index contributed by atoms with van der Waals surface area (Å²) in [5, 5.41) is 3.51. The highest BCUT2D eigenvalue weighted by Crippen LogP contribution is 2.18. The zero-order valence-electron chi connectivity index (χ0n) is 9.24. The van der Waals surface area contributed by atoms with E-state index in [0.717, 1.165) is 32.5 Å². The van der Waals surface area contributed by atoms with E-state index in [1.54, 1.807) is 0 Å². The van der Waals surface area contributed by atoms with Crippen LogP contribution in [-0.4, -0.2) is 42.5 Å². The molecule has 4 heteroatoms. The number of piperidine rings is 1. The molecule has 0 spiro atoms. The maximum atomic E-state index is 11.2. The minimum Gasteiger partial charge on any atom is -0.368 e. The van der Waals surface area contributed by atoms with Gasteiger partial charge < -0.3 is 11.1 Å². The van der Waals surface area contributed by atoms with E-state index in [4.69, 9.17) is 5.73 Å². The van der Waals surface area contributed by atoms with Crippen LogP contribution in [0.25, 0.3) is 0 Å². The van der Waals surface area contributed by atoms with Crippen molar-refractivity contribution in [3.8, 4) is 0 Å². The molecule has 2 fully saturated rings. The number of hydrogen-bond donors (Lipinski definition) is 2. The molecule has 0 aromatic rings. The normalized spacial score (nSPS) is 33.1. The second kappa shape index (κ2) is 4.94. The molecule has 15 heavy (non-hydrogen) atoms. The fourth-order valence-electron chi connectivity index (χ4n) is 2.73. The minimum atomic E-state index is -0.150. The molecule has 2 rings (SSSR count). The number of carbonyl (C=O) groups is 1. The highest BCUT2D eigenvalue weighted by molar-refractivity contribution is 5.80. The van der Waals surface area contributed by atoms with Gasteiger partial charge in [-0.25, -0.2) is 0 Å². The van der Waals surface area contributed by atoms with Crippen LogP contribution in [0.1, 0.15) is 32.1 Å². The number of nitrogens with one attached hydrogen (secondary N) is 1. The van der Waals surface area contributed by atoms with Crippen molar-refractivity contribution >= 4 is 5.91 Å². The number of nitrogens with two attached hydrogens (primary N) is 1. The van der Waals surface area contributed by atoms with Crippen molar-refractivity contribution in [2.24, 2.45) is 5.73 Å². The molecular weight excluding hydrogens is 190 g/mol. The van der Waals surface area contributed by atoms with E-state index >= 15 is 0 Å². The summed E-state index contributed by atoms with van der Waals surface area (Å²) in [6.45, 7) is 3.15. The van der Waals surface area contributed by atoms with Gasteiger partial charge in [-0.1, -0.05) is 6.42 Å². The molecule has 0 bridgehead atoms. The van der Waals surface area contributed by atoms with Crippen LogP contribution in [0.4, 0.5) is 0 Å². The lowest BCUT2D eigenvalue weighted by Gasteiger charge is -2.30. The van der Waals surface area contributed by atoms with Crippen molar-refractivity contribution in [1.82, 2.24) is 10.2 Å². The van der Waals surface area contributed by atoms with Crippen molar-refractivity contribution in [1.29, 1.82) is 0 Å². The van der Waals surface area contributed by atoms with E-state index in [9.17, 15) is 4.79 Å². The van der Waals surface area contributed by atoms with Crippen LogP contribution in [-0.2, 0) is 4.79 Å². The Hall–Kier alpha value is -0.610. The van der Waals surface area contributed by atoms with E-state index < -0.39 is 0 Å². The largest absolute Gasteiger partial charge is 0.368 e. The first-order valence-electron chi connectivity index (χ1n) is 6.04. The van der Waals surface area contributed by atoms with Gasteiger partial charge in [-0.3, -0.25) is 9.69 Å². The number of hydrogen-bond acceptors (Lipinski definition) is 3. The number of primary amides is 1. The summed E-state index contributed by atoms with van der Waals surface area (Å²) in [7, 11) is 0. The van der Waals surface area contributed by atoms with Gasteiger partial charge in [0.05, 0.1) is 6.04 Å². The van der Waals surface area contributed by atoms with E-state index in [1.165, 1.54) is 19.3 Å². The van der Waals surface area contributed by atoms with Crippen LogP contribution in [0.3, 0.4) is 0 Å². The van der Waals surface area contributed by atoms with E-state index in [-0.39, 0.29) is 11.9 Å². The first kappa shape index (κ1) is 10.9. The van der Waals surface area contributed by atoms with Crippen molar-refractivity contribution in [3.63, 3.8) is 0 Å². The van der Waals surface area contributed by atoms with Gasteiger partial charge in [0.25, 0.3) is 0 Å². The molecule has 2 aliphatic rings. The fraction of sp³-hybridized carbons (Fsp3) is 0.909. The highest BCUT2D eigenvalue weighted by Gasteiger charge is 2.30. The summed E-state index contributed by atoms with van der Waals surface area (Å²) in [6.07, 6.45) is 5.90. The number of amides is 1. The third kappa shape index (κ3) is 2.69. The average Bonchev–Trinajstić information content (AvgIpc) is 2.67. The number of nitrogens with zero attached hydrogens (tertiary/aromatic N) is 1. The zero-order chi connectivity index (χ0) is 10.7. The van der Waals surface area contributed by atoms with Gasteiger partial charge >= 0.3 is 0 Å². The molecule has 2 atom stereocenters. The summed E-state index contributed by atoms with van der Waals surface area (Å²) < 4.78 is 0. The summed E-state index contributed by atoms with van der Waals surface area (Å²) in [4.78, 5) is 13.5. The maximum absolute atomic E-state index is 11.2. The second-order valence-corrected chi connectivity index (χ2v) is 4.70. The van der Waals surface area contributed by atoms with Crippen LogP contribution in [0.2, 0.25) is 0 Å². The Balaban J connectivity index is 1.84. The first-order chi connectivity index (χ1) is 7.27. The zero-order valence-corrected chi connectivity index (χ0v) is 9.24. The lowest BCUT2D eigenvalue weighted by Crippen LogP contribution is -2.48. The van der Waals surface area contributed by atoms with Crippen LogP contribution in [0.5, 0.6) is 0 Å². The van der Waals surface area contributed by atoms with Gasteiger partial charge in [0.15, 0.2) is 0 Å². The monoisotopic (exact) mass is 211 g/mol. The number of carbonyl (C=O) groups excluding carboxylic acids is 1. The van der Waals surface area contributed by atoms with Gasteiger partial charge in [0.2, 0.25) is 5.91 Å². The Bertz CT molecular complexity index is 226. The summed E-state index contributed by atoms with van der Waals surface area (Å²) in [5.41, 5.74) is 5.39. The number of rotatable bonds is 3. The Morgan fingerprint density at radius 3 is 2.87 bits per heavy atom. The van der Waals surface area contributed by atoms with Crippen LogP contribution in [0.15, 0.2) is 0 Å². The molecule has 1 amide bonds. The molecule has 2 unspecified atom stereocenters. The molecule has 86 valence electrons. The molecule has 0 aromatic carbocycles. The smallest absolute Gasteiger partial charge is 0.234 e. The lowest BCUT2D eigenvalue weighted by molar-refractivity contribution is -0.122. The summed E-state index contributed by atoms with van der Waals surface area (Å²) in [6, 6.07) is 0.562. The SMILES string of the molecule is NC(=O)C1CCCN1CC1CCCCN1. The van der Waals surface area contributed by atoms with Crippen molar-refractivity contribution in [2.45, 2.75) is 44.2 Å². The highest BCUT2D eigenvalue weighted by atomic mass is 16.1. The van der Waals surface area contributed by atoms with Crippen LogP contribution >= 0.6 is 0 Å². The van der Waals surface area contributed by atoms with E-state index in [1.807, 2.05) is 0 Å². The Kier molecular flexibility index (Phi) is 3.59. The van der Waals surface area contributed by atoms with Crippen LogP contribution in [0, 0.1) is 0 Å². The molecule has 3 N–H and O–H groups in total. The predicted molar refractivity (Wildman–Crippen MR) is 59.4 cm³/mol. The predicted octanol–water partition coefficient (Wildman–Crippen LogP) is 0.0782. The van der Waals surface area contributed by atoms with E-state index in [2.05, 4.69) is 10.2 Å². The molecule has 0 aromatic heterocycles. The second-order valence-electron chi connectivity index (χ2n) is 4.70. The summed E-state index contributed by atoms with van der Waals surface area (Å²) >= 11 is 0. The molecule has 2 heterocycles. The van der Waals surface area contributed by atoms with Gasteiger partial charge in [-0.05, 0) is 38.8 Å². The van der Waals surface area contributed by atoms with Gasteiger partial charge in [-0.15, -0.1) is 0 Å². The fourth-order valence-corrected chi connectivity index (χ4v) is 2.73.